The van der Waals surface area contributed by atoms with Gasteiger partial charge in [0.25, 0.3) is 0 Å². The fourth-order valence-corrected chi connectivity index (χ4v) is 6.74. The third kappa shape index (κ3) is 2.21. The zero-order valence-corrected chi connectivity index (χ0v) is 16.7. The summed E-state index contributed by atoms with van der Waals surface area (Å²) in [4.78, 5) is 11.9. The molecule has 2 heterocycles. The van der Waals surface area contributed by atoms with E-state index in [4.69, 9.17) is 9.47 Å². The summed E-state index contributed by atoms with van der Waals surface area (Å²) in [5.41, 5.74) is 3.46. The summed E-state index contributed by atoms with van der Waals surface area (Å²) < 4.78 is 12.1. The first-order chi connectivity index (χ1) is 13.6. The molecule has 0 amide bonds. The van der Waals surface area contributed by atoms with Crippen molar-refractivity contribution >= 4 is 27.6 Å². The van der Waals surface area contributed by atoms with Gasteiger partial charge in [-0.1, -0.05) is 28.1 Å². The summed E-state index contributed by atoms with van der Waals surface area (Å²) in [5.74, 6) is 2.83. The number of hydrogen-bond donors (Lipinski definition) is 2. The number of halogens is 1. The molecule has 4 aliphatic rings. The number of hydrogen-bond acceptors (Lipinski definition) is 4. The van der Waals surface area contributed by atoms with Crippen molar-refractivity contribution in [3.63, 3.8) is 0 Å². The molecule has 2 saturated carbocycles. The number of aromatic carboxylic acids is 1. The maximum Gasteiger partial charge on any atom is 0.337 e. The molecular formula is C22H20BrNO4. The first kappa shape index (κ1) is 16.7. The second-order valence-corrected chi connectivity index (χ2v) is 9.21. The van der Waals surface area contributed by atoms with E-state index in [2.05, 4.69) is 33.4 Å². The van der Waals surface area contributed by atoms with E-state index in [1.165, 1.54) is 24.8 Å². The maximum atomic E-state index is 11.9. The molecule has 28 heavy (non-hydrogen) atoms. The van der Waals surface area contributed by atoms with E-state index in [1.807, 2.05) is 12.1 Å². The van der Waals surface area contributed by atoms with E-state index < -0.39 is 5.97 Å². The number of ether oxygens (including phenoxy) is 2. The van der Waals surface area contributed by atoms with Crippen molar-refractivity contribution in [1.82, 2.24) is 0 Å². The minimum absolute atomic E-state index is 0.0529. The van der Waals surface area contributed by atoms with Crippen molar-refractivity contribution in [2.45, 2.75) is 31.2 Å². The van der Waals surface area contributed by atoms with Crippen molar-refractivity contribution in [2.24, 2.45) is 17.8 Å². The molecule has 2 bridgehead atoms. The minimum Gasteiger partial charge on any atom is -0.478 e. The Morgan fingerprint density at radius 1 is 1.11 bits per heavy atom. The van der Waals surface area contributed by atoms with E-state index in [0.29, 0.717) is 29.2 Å². The van der Waals surface area contributed by atoms with Crippen LogP contribution < -0.4 is 14.8 Å². The van der Waals surface area contributed by atoms with Crippen LogP contribution in [0.25, 0.3) is 0 Å². The molecule has 2 aromatic carbocycles. The molecular weight excluding hydrogens is 422 g/mol. The summed E-state index contributed by atoms with van der Waals surface area (Å²) in [7, 11) is 0. The minimum atomic E-state index is -0.880. The van der Waals surface area contributed by atoms with Crippen molar-refractivity contribution in [1.29, 1.82) is 0 Å². The van der Waals surface area contributed by atoms with Crippen LogP contribution in [0.3, 0.4) is 0 Å². The number of nitrogens with one attached hydrogen (secondary N) is 1. The topological polar surface area (TPSA) is 67.8 Å². The van der Waals surface area contributed by atoms with Crippen molar-refractivity contribution in [3.8, 4) is 11.5 Å². The Labute approximate surface area is 171 Å². The molecule has 0 spiro atoms. The van der Waals surface area contributed by atoms with Gasteiger partial charge < -0.3 is 19.9 Å². The third-order valence-corrected chi connectivity index (χ3v) is 7.87. The molecule has 6 rings (SSSR count). The summed E-state index contributed by atoms with van der Waals surface area (Å²) in [6.45, 7) is 0.242. The molecule has 5 atom stereocenters. The average molecular weight is 442 g/mol. The molecule has 2 fully saturated rings. The standard InChI is InChI=1S/C22H20BrNO4/c23-15-8-17-16(27-9-28-17)7-14(15)21-19-11-5-4-10(6-11)18(19)12-2-1-3-13(22(25)26)20(12)24-21/h1-3,7-8,10-11,18-19,21,24H,4-6,9H2,(H,25,26)/t10-,11-,18+,19-,21+/m0/s1. The highest BCUT2D eigenvalue weighted by molar-refractivity contribution is 9.10. The second-order valence-electron chi connectivity index (χ2n) is 8.36. The molecule has 2 aromatic rings. The van der Waals surface area contributed by atoms with Gasteiger partial charge in [0.1, 0.15) is 0 Å². The zero-order chi connectivity index (χ0) is 19.0. The molecule has 2 N–H and O–H groups in total. The van der Waals surface area contributed by atoms with E-state index in [-0.39, 0.29) is 12.8 Å². The Hall–Kier alpha value is -2.21. The van der Waals surface area contributed by atoms with Crippen LogP contribution in [0.1, 0.15) is 52.7 Å². The number of carboxylic acids is 1. The number of anilines is 1. The van der Waals surface area contributed by atoms with Crippen molar-refractivity contribution < 1.29 is 19.4 Å². The molecule has 0 unspecified atom stereocenters. The van der Waals surface area contributed by atoms with Crippen LogP contribution in [-0.4, -0.2) is 17.9 Å². The zero-order valence-electron chi connectivity index (χ0n) is 15.2. The lowest BCUT2D eigenvalue weighted by molar-refractivity contribution is 0.0697. The van der Waals surface area contributed by atoms with Gasteiger partial charge in [0, 0.05) is 4.47 Å². The first-order valence-electron chi connectivity index (χ1n) is 9.83. The van der Waals surface area contributed by atoms with E-state index >= 15 is 0 Å². The Morgan fingerprint density at radius 2 is 1.89 bits per heavy atom. The van der Waals surface area contributed by atoms with Gasteiger partial charge in [-0.2, -0.15) is 0 Å². The summed E-state index contributed by atoms with van der Waals surface area (Å²) >= 11 is 3.73. The van der Waals surface area contributed by atoms with Crippen LogP contribution in [-0.2, 0) is 0 Å². The quantitative estimate of drug-likeness (QED) is 0.672. The van der Waals surface area contributed by atoms with Gasteiger partial charge in [-0.3, -0.25) is 0 Å². The van der Waals surface area contributed by atoms with Crippen LogP contribution >= 0.6 is 15.9 Å². The second kappa shape index (κ2) is 5.89. The van der Waals surface area contributed by atoms with Crippen LogP contribution in [0.2, 0.25) is 0 Å². The highest BCUT2D eigenvalue weighted by atomic mass is 79.9. The van der Waals surface area contributed by atoms with Crippen LogP contribution in [0, 0.1) is 17.8 Å². The van der Waals surface area contributed by atoms with Crippen LogP contribution in [0.15, 0.2) is 34.8 Å². The van der Waals surface area contributed by atoms with Gasteiger partial charge in [-0.05, 0) is 72.3 Å². The van der Waals surface area contributed by atoms with Crippen molar-refractivity contribution in [2.75, 3.05) is 12.1 Å². The fraction of sp³-hybridized carbons (Fsp3) is 0.409. The SMILES string of the molecule is O=C(O)c1cccc2c1N[C@H](c1cc3c(cc1Br)OCO3)[C@H]1[C@H]3CC[C@@H](C3)[C@H]21. The predicted molar refractivity (Wildman–Crippen MR) is 107 cm³/mol. The lowest BCUT2D eigenvalue weighted by Crippen LogP contribution is -2.36. The highest BCUT2D eigenvalue weighted by Gasteiger charge is 2.54. The van der Waals surface area contributed by atoms with E-state index in [0.717, 1.165) is 27.2 Å². The van der Waals surface area contributed by atoms with Crippen LogP contribution in [0.5, 0.6) is 11.5 Å². The average Bonchev–Trinajstić information content (AvgIpc) is 3.42. The number of rotatable bonds is 2. The van der Waals surface area contributed by atoms with Gasteiger partial charge in [0.05, 0.1) is 17.3 Å². The smallest absolute Gasteiger partial charge is 0.337 e. The Kier molecular flexibility index (Phi) is 3.52. The van der Waals surface area contributed by atoms with E-state index in [1.54, 1.807) is 6.07 Å². The molecule has 0 radical (unpaired) electrons. The Balaban J connectivity index is 1.53. The summed E-state index contributed by atoms with van der Waals surface area (Å²) in [6.07, 6.45) is 3.75. The number of fused-ring (bicyclic) bond motifs is 8. The normalized spacial score (nSPS) is 31.2. The molecule has 0 aromatic heterocycles. The molecule has 5 nitrogen and oxygen atoms in total. The lowest BCUT2D eigenvalue weighted by Gasteiger charge is -2.44. The Bertz CT molecular complexity index is 1010. The maximum absolute atomic E-state index is 11.9. The van der Waals surface area contributed by atoms with Gasteiger partial charge in [-0.15, -0.1) is 0 Å². The largest absolute Gasteiger partial charge is 0.478 e. The van der Waals surface area contributed by atoms with Gasteiger partial charge >= 0.3 is 5.97 Å². The van der Waals surface area contributed by atoms with Crippen molar-refractivity contribution in [3.05, 3.63) is 51.5 Å². The summed E-state index contributed by atoms with van der Waals surface area (Å²) in [5, 5.41) is 13.4. The molecule has 0 saturated heterocycles. The first-order valence-corrected chi connectivity index (χ1v) is 10.6. The van der Waals surface area contributed by atoms with Gasteiger partial charge in [-0.25, -0.2) is 4.79 Å². The monoisotopic (exact) mass is 441 g/mol. The number of carbonyl (C=O) groups is 1. The third-order valence-electron chi connectivity index (χ3n) is 7.18. The van der Waals surface area contributed by atoms with Gasteiger partial charge in [0.2, 0.25) is 6.79 Å². The van der Waals surface area contributed by atoms with Gasteiger partial charge in [0.15, 0.2) is 11.5 Å². The number of carboxylic acid groups (broad SMARTS) is 1. The highest BCUT2D eigenvalue weighted by Crippen LogP contribution is 2.64. The fourth-order valence-electron chi connectivity index (χ4n) is 6.17. The Morgan fingerprint density at radius 3 is 2.71 bits per heavy atom. The number of benzene rings is 2. The molecule has 6 heteroatoms. The predicted octanol–water partition coefficient (Wildman–Crippen LogP) is 5.17. The number of para-hydroxylation sites is 1. The van der Waals surface area contributed by atoms with E-state index in [9.17, 15) is 9.90 Å². The summed E-state index contributed by atoms with van der Waals surface area (Å²) in [6, 6.07) is 9.80. The molecule has 144 valence electrons. The molecule has 2 aliphatic heterocycles. The molecule has 2 aliphatic carbocycles. The lowest BCUT2D eigenvalue weighted by atomic mass is 9.67. The van der Waals surface area contributed by atoms with Crippen LogP contribution in [0.4, 0.5) is 5.69 Å².